The summed E-state index contributed by atoms with van der Waals surface area (Å²) in [4.78, 5) is 1.43. The van der Waals surface area contributed by atoms with Crippen molar-refractivity contribution < 1.29 is 0 Å². The van der Waals surface area contributed by atoms with E-state index in [4.69, 9.17) is 0 Å². The second kappa shape index (κ2) is 4.97. The molecule has 3 aromatic rings. The molecule has 0 bridgehead atoms. The fourth-order valence-electron chi connectivity index (χ4n) is 3.63. The molecule has 106 valence electrons. The number of hydrogen-bond acceptors (Lipinski definition) is 2. The van der Waals surface area contributed by atoms with Crippen molar-refractivity contribution in [1.82, 2.24) is 5.32 Å². The van der Waals surface area contributed by atoms with Crippen LogP contribution in [0.5, 0.6) is 0 Å². The Morgan fingerprint density at radius 2 is 1.86 bits per heavy atom. The predicted octanol–water partition coefficient (Wildman–Crippen LogP) is 4.62. The average Bonchev–Trinajstić information content (AvgIpc) is 3.11. The molecule has 0 aliphatic heterocycles. The zero-order valence-corrected chi connectivity index (χ0v) is 13.3. The van der Waals surface area contributed by atoms with E-state index >= 15 is 0 Å². The topological polar surface area (TPSA) is 12.0 Å². The highest BCUT2D eigenvalue weighted by molar-refractivity contribution is 7.10. The number of hydrogen-bond donors (Lipinski definition) is 1. The van der Waals surface area contributed by atoms with Gasteiger partial charge in [0.15, 0.2) is 0 Å². The first-order chi connectivity index (χ1) is 10.3. The summed E-state index contributed by atoms with van der Waals surface area (Å²) in [6, 6.07) is 13.9. The van der Waals surface area contributed by atoms with E-state index < -0.39 is 0 Å². The van der Waals surface area contributed by atoms with E-state index in [9.17, 15) is 0 Å². The normalized spacial score (nSPS) is 14.8. The zero-order chi connectivity index (χ0) is 14.4. The molecule has 0 fully saturated rings. The Hall–Kier alpha value is -1.64. The van der Waals surface area contributed by atoms with Crippen molar-refractivity contribution in [3.63, 3.8) is 0 Å². The summed E-state index contributed by atoms with van der Waals surface area (Å²) in [7, 11) is 2.06. The summed E-state index contributed by atoms with van der Waals surface area (Å²) in [5.74, 6) is 0. The lowest BCUT2D eigenvalue weighted by Crippen LogP contribution is -2.17. The van der Waals surface area contributed by atoms with E-state index in [1.165, 1.54) is 50.7 Å². The number of rotatable bonds is 3. The van der Waals surface area contributed by atoms with E-state index in [-0.39, 0.29) is 6.04 Å². The Bertz CT molecular complexity index is 805. The quantitative estimate of drug-likeness (QED) is 0.743. The molecule has 21 heavy (non-hydrogen) atoms. The average molecular weight is 293 g/mol. The number of aryl methyl sites for hydroxylation is 3. The first-order valence-electron chi connectivity index (χ1n) is 7.54. The minimum absolute atomic E-state index is 0.287. The largest absolute Gasteiger partial charge is 0.309 e. The standard InChI is InChI=1S/C19H19NS/c1-12-10-11-21-19(12)18(20-2)16-9-8-14-7-6-13-4-3-5-15(16)17(13)14/h3-5,8-11,18,20H,6-7H2,1-2H3. The highest BCUT2D eigenvalue weighted by Crippen LogP contribution is 2.38. The van der Waals surface area contributed by atoms with Gasteiger partial charge in [-0.05, 0) is 71.3 Å². The van der Waals surface area contributed by atoms with Gasteiger partial charge in [0.05, 0.1) is 6.04 Å². The van der Waals surface area contributed by atoms with E-state index in [2.05, 4.69) is 61.1 Å². The Balaban J connectivity index is 1.97. The molecular formula is C19H19NS. The fourth-order valence-corrected chi connectivity index (χ4v) is 4.68. The number of thiophene rings is 1. The van der Waals surface area contributed by atoms with Crippen molar-refractivity contribution in [3.8, 4) is 0 Å². The van der Waals surface area contributed by atoms with Gasteiger partial charge in [-0.15, -0.1) is 11.3 Å². The van der Waals surface area contributed by atoms with Gasteiger partial charge in [0, 0.05) is 4.88 Å². The van der Waals surface area contributed by atoms with Gasteiger partial charge in [-0.3, -0.25) is 0 Å². The van der Waals surface area contributed by atoms with Crippen molar-refractivity contribution in [2.75, 3.05) is 7.05 Å². The van der Waals surface area contributed by atoms with Gasteiger partial charge in [0.1, 0.15) is 0 Å². The minimum Gasteiger partial charge on any atom is -0.309 e. The van der Waals surface area contributed by atoms with Crippen LogP contribution in [0.2, 0.25) is 0 Å². The van der Waals surface area contributed by atoms with Gasteiger partial charge in [0.25, 0.3) is 0 Å². The smallest absolute Gasteiger partial charge is 0.0677 e. The van der Waals surface area contributed by atoms with Crippen LogP contribution in [-0.2, 0) is 12.8 Å². The Morgan fingerprint density at radius 1 is 1.05 bits per heavy atom. The van der Waals surface area contributed by atoms with Gasteiger partial charge in [-0.1, -0.05) is 30.3 Å². The minimum atomic E-state index is 0.287. The molecule has 0 saturated carbocycles. The van der Waals surface area contributed by atoms with Gasteiger partial charge >= 0.3 is 0 Å². The Labute approximate surface area is 129 Å². The third-order valence-corrected chi connectivity index (χ3v) is 5.76. The molecular weight excluding hydrogens is 274 g/mol. The predicted molar refractivity (Wildman–Crippen MR) is 91.3 cm³/mol. The molecule has 1 nitrogen and oxygen atoms in total. The van der Waals surface area contributed by atoms with Crippen LogP contribution in [0.1, 0.15) is 33.2 Å². The molecule has 2 heteroatoms. The molecule has 0 amide bonds. The van der Waals surface area contributed by atoms with Crippen LogP contribution < -0.4 is 5.32 Å². The number of nitrogens with one attached hydrogen (secondary N) is 1. The molecule has 0 radical (unpaired) electrons. The van der Waals surface area contributed by atoms with E-state index in [0.717, 1.165) is 0 Å². The molecule has 1 aliphatic carbocycles. The van der Waals surface area contributed by atoms with E-state index in [1.807, 2.05) is 11.3 Å². The first-order valence-corrected chi connectivity index (χ1v) is 8.42. The molecule has 1 atom stereocenters. The van der Waals surface area contributed by atoms with Gasteiger partial charge in [0.2, 0.25) is 0 Å². The molecule has 1 aromatic heterocycles. The summed E-state index contributed by atoms with van der Waals surface area (Å²) in [6.45, 7) is 2.20. The van der Waals surface area contributed by atoms with Crippen molar-refractivity contribution in [2.45, 2.75) is 25.8 Å². The molecule has 1 heterocycles. The zero-order valence-electron chi connectivity index (χ0n) is 12.4. The fraction of sp³-hybridized carbons (Fsp3) is 0.263. The van der Waals surface area contributed by atoms with Crippen molar-refractivity contribution >= 4 is 22.1 Å². The second-order valence-electron chi connectivity index (χ2n) is 5.84. The van der Waals surface area contributed by atoms with Crippen LogP contribution in [0.15, 0.2) is 41.8 Å². The van der Waals surface area contributed by atoms with Crippen LogP contribution in [0.3, 0.4) is 0 Å². The molecule has 0 saturated heterocycles. The molecule has 1 aliphatic rings. The maximum absolute atomic E-state index is 3.52. The summed E-state index contributed by atoms with van der Waals surface area (Å²) >= 11 is 1.85. The lowest BCUT2D eigenvalue weighted by Gasteiger charge is -2.19. The van der Waals surface area contributed by atoms with Crippen molar-refractivity contribution in [2.24, 2.45) is 0 Å². The van der Waals surface area contributed by atoms with Crippen LogP contribution >= 0.6 is 11.3 Å². The van der Waals surface area contributed by atoms with Crippen LogP contribution in [0.25, 0.3) is 10.8 Å². The lowest BCUT2D eigenvalue weighted by atomic mass is 9.94. The van der Waals surface area contributed by atoms with Crippen LogP contribution in [0, 0.1) is 6.92 Å². The molecule has 1 unspecified atom stereocenters. The molecule has 0 spiro atoms. The first kappa shape index (κ1) is 13.1. The summed E-state index contributed by atoms with van der Waals surface area (Å²) in [5, 5.41) is 8.64. The lowest BCUT2D eigenvalue weighted by molar-refractivity contribution is 0.705. The maximum atomic E-state index is 3.52. The second-order valence-corrected chi connectivity index (χ2v) is 6.79. The summed E-state index contributed by atoms with van der Waals surface area (Å²) < 4.78 is 0. The maximum Gasteiger partial charge on any atom is 0.0677 e. The molecule has 2 aromatic carbocycles. The van der Waals surface area contributed by atoms with Gasteiger partial charge < -0.3 is 5.32 Å². The third kappa shape index (κ3) is 1.94. The van der Waals surface area contributed by atoms with E-state index in [0.29, 0.717) is 0 Å². The highest BCUT2D eigenvalue weighted by atomic mass is 32.1. The summed E-state index contributed by atoms with van der Waals surface area (Å²) in [6.07, 6.45) is 2.39. The highest BCUT2D eigenvalue weighted by Gasteiger charge is 2.21. The van der Waals surface area contributed by atoms with Gasteiger partial charge in [-0.2, -0.15) is 0 Å². The van der Waals surface area contributed by atoms with Crippen molar-refractivity contribution in [3.05, 3.63) is 68.9 Å². The van der Waals surface area contributed by atoms with Crippen molar-refractivity contribution in [1.29, 1.82) is 0 Å². The van der Waals surface area contributed by atoms with Gasteiger partial charge in [-0.25, -0.2) is 0 Å². The summed E-state index contributed by atoms with van der Waals surface area (Å²) in [5.41, 5.74) is 5.82. The number of benzene rings is 2. The SMILES string of the molecule is CNC(c1sccc1C)c1ccc2c3c(cccc13)CC2. The monoisotopic (exact) mass is 293 g/mol. The Morgan fingerprint density at radius 3 is 2.57 bits per heavy atom. The molecule has 1 N–H and O–H groups in total. The molecule has 4 rings (SSSR count). The van der Waals surface area contributed by atoms with E-state index in [1.54, 1.807) is 0 Å². The van der Waals surface area contributed by atoms with Crippen LogP contribution in [0.4, 0.5) is 0 Å². The van der Waals surface area contributed by atoms with Crippen LogP contribution in [-0.4, -0.2) is 7.05 Å². The Kier molecular flexibility index (Phi) is 3.09. The third-order valence-electron chi connectivity index (χ3n) is 4.67.